The Morgan fingerprint density at radius 3 is 2.00 bits per heavy atom. The quantitative estimate of drug-likeness (QED) is 0.639. The Morgan fingerprint density at radius 2 is 1.53 bits per heavy atom. The van der Waals surface area contributed by atoms with Crippen LogP contribution in [0.2, 0.25) is 0 Å². The zero-order chi connectivity index (χ0) is 10.8. The molecule has 2 saturated carbocycles. The molecule has 0 spiro atoms. The molecule has 2 aliphatic rings. The van der Waals surface area contributed by atoms with Crippen molar-refractivity contribution < 1.29 is 10.2 Å². The molecule has 2 aliphatic carbocycles. The van der Waals surface area contributed by atoms with Gasteiger partial charge in [-0.2, -0.15) is 0 Å². The van der Waals surface area contributed by atoms with Crippen molar-refractivity contribution in [3.63, 3.8) is 0 Å². The average Bonchev–Trinajstić information content (AvgIpc) is 3.09. The Kier molecular flexibility index (Phi) is 3.33. The highest BCUT2D eigenvalue weighted by Crippen LogP contribution is 2.39. The lowest BCUT2D eigenvalue weighted by Crippen LogP contribution is -2.45. The van der Waals surface area contributed by atoms with Crippen LogP contribution >= 0.6 is 0 Å². The van der Waals surface area contributed by atoms with E-state index in [2.05, 4.69) is 5.32 Å². The Bertz CT molecular complexity index is 208. The maximum Gasteiger partial charge on any atom is 0.0613 e. The highest BCUT2D eigenvalue weighted by Gasteiger charge is 2.43. The van der Waals surface area contributed by atoms with Gasteiger partial charge in [-0.3, -0.25) is 0 Å². The summed E-state index contributed by atoms with van der Waals surface area (Å²) in [6.07, 6.45) is 8.25. The van der Waals surface area contributed by atoms with E-state index >= 15 is 0 Å². The van der Waals surface area contributed by atoms with Gasteiger partial charge in [-0.05, 0) is 25.7 Å². The number of rotatable bonds is 5. The minimum Gasteiger partial charge on any atom is -0.396 e. The van der Waals surface area contributed by atoms with Crippen molar-refractivity contribution in [2.24, 2.45) is 5.41 Å². The van der Waals surface area contributed by atoms with E-state index in [1.807, 2.05) is 0 Å². The van der Waals surface area contributed by atoms with Gasteiger partial charge in [-0.1, -0.05) is 19.3 Å². The first-order chi connectivity index (χ1) is 7.24. The molecule has 0 unspecified atom stereocenters. The highest BCUT2D eigenvalue weighted by molar-refractivity contribution is 5.03. The van der Waals surface area contributed by atoms with Crippen molar-refractivity contribution in [3.05, 3.63) is 0 Å². The second-order valence-electron chi connectivity index (χ2n) is 5.51. The normalized spacial score (nSPS) is 27.6. The van der Waals surface area contributed by atoms with Gasteiger partial charge >= 0.3 is 0 Å². The molecule has 2 fully saturated rings. The second-order valence-corrected chi connectivity index (χ2v) is 5.51. The summed E-state index contributed by atoms with van der Waals surface area (Å²) in [6.45, 7) is 1.42. The van der Waals surface area contributed by atoms with Gasteiger partial charge in [0.05, 0.1) is 6.61 Å². The lowest BCUT2D eigenvalue weighted by Gasteiger charge is -2.37. The van der Waals surface area contributed by atoms with Crippen molar-refractivity contribution in [1.29, 1.82) is 0 Å². The summed E-state index contributed by atoms with van der Waals surface area (Å²) < 4.78 is 0. The molecule has 0 bridgehead atoms. The minimum absolute atomic E-state index is 0.0135. The predicted molar refractivity (Wildman–Crippen MR) is 59.7 cm³/mol. The zero-order valence-electron chi connectivity index (χ0n) is 9.47. The maximum atomic E-state index is 9.53. The molecular weight excluding hydrogens is 190 g/mol. The first-order valence-corrected chi connectivity index (χ1v) is 6.21. The first-order valence-electron chi connectivity index (χ1n) is 6.21. The molecule has 0 radical (unpaired) electrons. The molecule has 0 heterocycles. The minimum atomic E-state index is 0.0135. The molecule has 15 heavy (non-hydrogen) atoms. The van der Waals surface area contributed by atoms with Crippen molar-refractivity contribution >= 4 is 0 Å². The Labute approximate surface area is 91.9 Å². The fourth-order valence-electron chi connectivity index (χ4n) is 2.61. The Morgan fingerprint density at radius 1 is 0.867 bits per heavy atom. The van der Waals surface area contributed by atoms with Crippen LogP contribution in [0.15, 0.2) is 0 Å². The smallest absolute Gasteiger partial charge is 0.0613 e. The Hall–Kier alpha value is -0.120. The first kappa shape index (κ1) is 11.4. The number of hydrogen-bond acceptors (Lipinski definition) is 3. The van der Waals surface area contributed by atoms with Gasteiger partial charge in [-0.15, -0.1) is 0 Å². The van der Waals surface area contributed by atoms with Gasteiger partial charge in [0.2, 0.25) is 0 Å². The number of nitrogens with one attached hydrogen (secondary N) is 1. The summed E-state index contributed by atoms with van der Waals surface area (Å²) in [4.78, 5) is 0. The lowest BCUT2D eigenvalue weighted by atomic mass is 9.74. The third-order valence-electron chi connectivity index (χ3n) is 4.24. The van der Waals surface area contributed by atoms with E-state index in [0.717, 1.165) is 32.2 Å². The highest BCUT2D eigenvalue weighted by atomic mass is 16.3. The van der Waals surface area contributed by atoms with Crippen LogP contribution in [0.3, 0.4) is 0 Å². The van der Waals surface area contributed by atoms with Crippen molar-refractivity contribution in [3.8, 4) is 0 Å². The molecule has 3 N–H and O–H groups in total. The van der Waals surface area contributed by atoms with Crippen LogP contribution in [-0.2, 0) is 0 Å². The molecule has 3 nitrogen and oxygen atoms in total. The van der Waals surface area contributed by atoms with Crippen molar-refractivity contribution in [1.82, 2.24) is 5.32 Å². The fourth-order valence-corrected chi connectivity index (χ4v) is 2.61. The van der Waals surface area contributed by atoms with Gasteiger partial charge in [0.15, 0.2) is 0 Å². The van der Waals surface area contributed by atoms with E-state index < -0.39 is 0 Å². The molecule has 0 aliphatic heterocycles. The molecule has 0 aromatic rings. The summed E-state index contributed by atoms with van der Waals surface area (Å²) >= 11 is 0. The molecule has 0 saturated heterocycles. The summed E-state index contributed by atoms with van der Waals surface area (Å²) in [5.41, 5.74) is 0.114. The van der Waals surface area contributed by atoms with E-state index in [0.29, 0.717) is 6.61 Å². The van der Waals surface area contributed by atoms with E-state index in [-0.39, 0.29) is 17.6 Å². The maximum absolute atomic E-state index is 9.53. The van der Waals surface area contributed by atoms with Crippen molar-refractivity contribution in [2.45, 2.75) is 50.5 Å². The van der Waals surface area contributed by atoms with E-state index in [1.54, 1.807) is 0 Å². The lowest BCUT2D eigenvalue weighted by molar-refractivity contribution is 0.0731. The predicted octanol–water partition coefficient (Wildman–Crippen LogP) is 1.04. The van der Waals surface area contributed by atoms with E-state index in [4.69, 9.17) is 0 Å². The number of aliphatic hydroxyl groups excluding tert-OH is 2. The number of aliphatic hydroxyl groups is 2. The molecule has 3 heteroatoms. The van der Waals surface area contributed by atoms with E-state index in [9.17, 15) is 10.2 Å². The topological polar surface area (TPSA) is 52.5 Å². The molecule has 0 atom stereocenters. The zero-order valence-corrected chi connectivity index (χ0v) is 9.47. The van der Waals surface area contributed by atoms with Gasteiger partial charge in [0.1, 0.15) is 0 Å². The van der Waals surface area contributed by atoms with Crippen LogP contribution in [0, 0.1) is 5.41 Å². The summed E-state index contributed by atoms with van der Waals surface area (Å²) in [5, 5.41) is 22.2. The van der Waals surface area contributed by atoms with Gasteiger partial charge in [0, 0.05) is 24.1 Å². The SMILES string of the molecule is OCC1(CNC2(CO)CC2)CCCCC1. The molecule has 0 aromatic heterocycles. The summed E-state index contributed by atoms with van der Waals surface area (Å²) in [7, 11) is 0. The van der Waals surface area contributed by atoms with Gasteiger partial charge < -0.3 is 15.5 Å². The second kappa shape index (κ2) is 4.40. The van der Waals surface area contributed by atoms with Gasteiger partial charge in [-0.25, -0.2) is 0 Å². The summed E-state index contributed by atoms with van der Waals surface area (Å²) in [5.74, 6) is 0. The van der Waals surface area contributed by atoms with Gasteiger partial charge in [0.25, 0.3) is 0 Å². The van der Waals surface area contributed by atoms with Crippen LogP contribution in [0.4, 0.5) is 0 Å². The van der Waals surface area contributed by atoms with Crippen LogP contribution in [0.25, 0.3) is 0 Å². The Balaban J connectivity index is 1.84. The van der Waals surface area contributed by atoms with Crippen LogP contribution in [-0.4, -0.2) is 35.5 Å². The molecule has 0 amide bonds. The molecular formula is C12H23NO2. The van der Waals surface area contributed by atoms with Crippen LogP contribution < -0.4 is 5.32 Å². The molecule has 2 rings (SSSR count). The van der Waals surface area contributed by atoms with E-state index in [1.165, 1.54) is 19.3 Å². The van der Waals surface area contributed by atoms with Crippen LogP contribution in [0.1, 0.15) is 44.9 Å². The number of hydrogen-bond donors (Lipinski definition) is 3. The third kappa shape index (κ3) is 2.52. The third-order valence-corrected chi connectivity index (χ3v) is 4.24. The fraction of sp³-hybridized carbons (Fsp3) is 1.00. The molecule has 88 valence electrons. The monoisotopic (exact) mass is 213 g/mol. The van der Waals surface area contributed by atoms with Crippen molar-refractivity contribution in [2.75, 3.05) is 19.8 Å². The standard InChI is InChI=1S/C12H23NO2/c14-9-11(4-2-1-3-5-11)8-13-12(10-15)6-7-12/h13-15H,1-10H2. The molecule has 0 aromatic carbocycles. The van der Waals surface area contributed by atoms with Crippen LogP contribution in [0.5, 0.6) is 0 Å². The largest absolute Gasteiger partial charge is 0.396 e. The average molecular weight is 213 g/mol. The summed E-state index contributed by atoms with van der Waals surface area (Å²) in [6, 6.07) is 0.